The van der Waals surface area contributed by atoms with Crippen LogP contribution in [-0.2, 0) is 0 Å². The van der Waals surface area contributed by atoms with Gasteiger partial charge in [0.15, 0.2) is 0 Å². The van der Waals surface area contributed by atoms with Gasteiger partial charge in [0.25, 0.3) is 5.91 Å². The van der Waals surface area contributed by atoms with Gasteiger partial charge in [0.2, 0.25) is 0 Å². The molecule has 0 aliphatic carbocycles. The first kappa shape index (κ1) is 14.6. The Morgan fingerprint density at radius 3 is 2.25 bits per heavy atom. The number of nitrogens with zero attached hydrogens (tertiary/aromatic N) is 1. The van der Waals surface area contributed by atoms with Gasteiger partial charge >= 0.3 is 0 Å². The highest BCUT2D eigenvalue weighted by Crippen LogP contribution is 2.23. The van der Waals surface area contributed by atoms with Gasteiger partial charge in [-0.2, -0.15) is 0 Å². The average molecular weight is 269 g/mol. The zero-order valence-electron chi connectivity index (χ0n) is 13.0. The molecular weight excluding hydrogens is 246 g/mol. The van der Waals surface area contributed by atoms with Gasteiger partial charge in [-0.15, -0.1) is 0 Å². The highest BCUT2D eigenvalue weighted by Gasteiger charge is 2.22. The third-order valence-electron chi connectivity index (χ3n) is 3.61. The van der Waals surface area contributed by atoms with Crippen molar-refractivity contribution < 1.29 is 4.79 Å². The van der Waals surface area contributed by atoms with Gasteiger partial charge < -0.3 is 4.90 Å². The van der Waals surface area contributed by atoms with E-state index in [9.17, 15) is 4.79 Å². The molecule has 2 aromatic rings. The Labute approximate surface area is 121 Å². The Morgan fingerprint density at radius 1 is 1.00 bits per heavy atom. The number of hydrogen-bond donors (Lipinski definition) is 0. The second-order valence-electron chi connectivity index (χ2n) is 5.93. The summed E-state index contributed by atoms with van der Waals surface area (Å²) in [5.74, 6) is 0.115. The molecule has 106 valence electrons. The number of aryl methyl sites for hydroxylation is 1. The van der Waals surface area contributed by atoms with E-state index < -0.39 is 0 Å². The minimum absolute atomic E-state index is 0.115. The monoisotopic (exact) mass is 269 g/mol. The van der Waals surface area contributed by atoms with E-state index in [0.29, 0.717) is 0 Å². The van der Waals surface area contributed by atoms with Crippen molar-refractivity contribution >= 4 is 16.7 Å². The zero-order valence-corrected chi connectivity index (χ0v) is 13.0. The molecular formula is C18H23NO. The van der Waals surface area contributed by atoms with Gasteiger partial charge in [-0.3, -0.25) is 4.79 Å². The fraction of sp³-hybridized carbons (Fsp3) is 0.389. The molecule has 1 amide bonds. The summed E-state index contributed by atoms with van der Waals surface area (Å²) >= 11 is 0. The zero-order chi connectivity index (χ0) is 14.9. The van der Waals surface area contributed by atoms with Crippen LogP contribution in [0.3, 0.4) is 0 Å². The molecule has 0 heterocycles. The van der Waals surface area contributed by atoms with Gasteiger partial charge in [0, 0.05) is 17.6 Å². The molecule has 20 heavy (non-hydrogen) atoms. The number of rotatable bonds is 3. The van der Waals surface area contributed by atoms with E-state index in [1.165, 1.54) is 5.56 Å². The van der Waals surface area contributed by atoms with Crippen molar-refractivity contribution in [3.63, 3.8) is 0 Å². The molecule has 0 N–H and O–H groups in total. The van der Waals surface area contributed by atoms with Crippen LogP contribution in [0.25, 0.3) is 10.8 Å². The Bertz CT molecular complexity index is 620. The van der Waals surface area contributed by atoms with Gasteiger partial charge in [0.05, 0.1) is 0 Å². The van der Waals surface area contributed by atoms with Crippen LogP contribution in [0, 0.1) is 6.92 Å². The Kier molecular flexibility index (Phi) is 4.12. The largest absolute Gasteiger partial charge is 0.334 e. The molecule has 0 fully saturated rings. The molecule has 0 saturated carbocycles. The first-order valence-corrected chi connectivity index (χ1v) is 7.24. The quantitative estimate of drug-likeness (QED) is 0.808. The van der Waals surface area contributed by atoms with Gasteiger partial charge in [-0.1, -0.05) is 35.9 Å². The van der Waals surface area contributed by atoms with Gasteiger partial charge in [-0.05, 0) is 51.5 Å². The molecule has 0 saturated heterocycles. The lowest BCUT2D eigenvalue weighted by Crippen LogP contribution is -2.42. The molecule has 0 spiro atoms. The van der Waals surface area contributed by atoms with Crippen molar-refractivity contribution in [1.82, 2.24) is 4.90 Å². The number of fused-ring (bicyclic) bond motifs is 1. The summed E-state index contributed by atoms with van der Waals surface area (Å²) in [6.07, 6.45) is 0. The lowest BCUT2D eigenvalue weighted by Gasteiger charge is -2.31. The van der Waals surface area contributed by atoms with Crippen LogP contribution in [0.1, 0.15) is 43.6 Å². The first-order chi connectivity index (χ1) is 9.41. The van der Waals surface area contributed by atoms with E-state index in [1.807, 2.05) is 17.0 Å². The maximum absolute atomic E-state index is 12.9. The molecule has 2 aromatic carbocycles. The number of benzene rings is 2. The van der Waals surface area contributed by atoms with Crippen LogP contribution >= 0.6 is 0 Å². The average Bonchev–Trinajstić information content (AvgIpc) is 2.36. The standard InChI is InChI=1S/C18H23NO/c1-12(2)19(13(3)4)18(20)17-8-6-7-15-11-14(5)9-10-16(15)17/h6-13H,1-5H3. The first-order valence-electron chi connectivity index (χ1n) is 7.24. The predicted molar refractivity (Wildman–Crippen MR) is 85.1 cm³/mol. The fourth-order valence-electron chi connectivity index (χ4n) is 2.79. The minimum Gasteiger partial charge on any atom is -0.334 e. The summed E-state index contributed by atoms with van der Waals surface area (Å²) in [7, 11) is 0. The van der Waals surface area contributed by atoms with Crippen LogP contribution < -0.4 is 0 Å². The Hall–Kier alpha value is -1.83. The number of carbonyl (C=O) groups is 1. The highest BCUT2D eigenvalue weighted by molar-refractivity contribution is 6.07. The Balaban J connectivity index is 2.54. The molecule has 2 rings (SSSR count). The molecule has 0 aliphatic heterocycles. The summed E-state index contributed by atoms with van der Waals surface area (Å²) in [6.45, 7) is 10.3. The second-order valence-corrected chi connectivity index (χ2v) is 5.93. The summed E-state index contributed by atoms with van der Waals surface area (Å²) in [4.78, 5) is 14.8. The van der Waals surface area contributed by atoms with Crippen molar-refractivity contribution in [2.24, 2.45) is 0 Å². The van der Waals surface area contributed by atoms with E-state index in [2.05, 4.69) is 58.9 Å². The van der Waals surface area contributed by atoms with Crippen molar-refractivity contribution in [2.45, 2.75) is 46.7 Å². The number of hydrogen-bond acceptors (Lipinski definition) is 1. The molecule has 0 unspecified atom stereocenters. The van der Waals surface area contributed by atoms with Crippen molar-refractivity contribution in [2.75, 3.05) is 0 Å². The third-order valence-corrected chi connectivity index (χ3v) is 3.61. The minimum atomic E-state index is 0.115. The molecule has 0 atom stereocenters. The van der Waals surface area contributed by atoms with Gasteiger partial charge in [0.1, 0.15) is 0 Å². The van der Waals surface area contributed by atoms with E-state index in [4.69, 9.17) is 0 Å². The molecule has 0 bridgehead atoms. The van der Waals surface area contributed by atoms with Crippen LogP contribution in [0.4, 0.5) is 0 Å². The van der Waals surface area contributed by atoms with Crippen LogP contribution in [0.5, 0.6) is 0 Å². The molecule has 0 aliphatic rings. The Morgan fingerprint density at radius 2 is 1.65 bits per heavy atom. The molecule has 0 radical (unpaired) electrons. The van der Waals surface area contributed by atoms with E-state index in [-0.39, 0.29) is 18.0 Å². The van der Waals surface area contributed by atoms with Gasteiger partial charge in [-0.25, -0.2) is 0 Å². The second kappa shape index (κ2) is 5.66. The normalized spacial score (nSPS) is 11.3. The van der Waals surface area contributed by atoms with Crippen LogP contribution in [0.15, 0.2) is 36.4 Å². The topological polar surface area (TPSA) is 20.3 Å². The maximum atomic E-state index is 12.9. The van der Waals surface area contributed by atoms with Crippen molar-refractivity contribution in [1.29, 1.82) is 0 Å². The molecule has 2 nitrogen and oxygen atoms in total. The maximum Gasteiger partial charge on any atom is 0.254 e. The van der Waals surface area contributed by atoms with Crippen LogP contribution in [0.2, 0.25) is 0 Å². The SMILES string of the molecule is Cc1ccc2c(C(=O)N(C(C)C)C(C)C)cccc2c1. The summed E-state index contributed by atoms with van der Waals surface area (Å²) in [5, 5.41) is 2.16. The molecule has 0 aromatic heterocycles. The smallest absolute Gasteiger partial charge is 0.254 e. The highest BCUT2D eigenvalue weighted by atomic mass is 16.2. The van der Waals surface area contributed by atoms with Crippen molar-refractivity contribution in [3.05, 3.63) is 47.5 Å². The number of carbonyl (C=O) groups excluding carboxylic acids is 1. The predicted octanol–water partition coefficient (Wildman–Crippen LogP) is 4.41. The molecule has 2 heteroatoms. The van der Waals surface area contributed by atoms with E-state index >= 15 is 0 Å². The summed E-state index contributed by atoms with van der Waals surface area (Å²) < 4.78 is 0. The third kappa shape index (κ3) is 2.69. The lowest BCUT2D eigenvalue weighted by atomic mass is 10.0. The summed E-state index contributed by atoms with van der Waals surface area (Å²) in [6, 6.07) is 12.6. The fourth-order valence-corrected chi connectivity index (χ4v) is 2.79. The summed E-state index contributed by atoms with van der Waals surface area (Å²) in [5.41, 5.74) is 2.01. The van der Waals surface area contributed by atoms with E-state index in [1.54, 1.807) is 0 Å². The van der Waals surface area contributed by atoms with Crippen LogP contribution in [-0.4, -0.2) is 22.9 Å². The van der Waals surface area contributed by atoms with E-state index in [0.717, 1.165) is 16.3 Å². The lowest BCUT2D eigenvalue weighted by molar-refractivity contribution is 0.0646. The number of amides is 1. The van der Waals surface area contributed by atoms with Crippen molar-refractivity contribution in [3.8, 4) is 0 Å².